The van der Waals surface area contributed by atoms with E-state index >= 15 is 0 Å². The van der Waals surface area contributed by atoms with Gasteiger partial charge in [-0.15, -0.1) is 0 Å². The molecule has 0 radical (unpaired) electrons. The van der Waals surface area contributed by atoms with E-state index in [2.05, 4.69) is 10.1 Å². The van der Waals surface area contributed by atoms with Gasteiger partial charge in [-0.1, -0.05) is 26.0 Å². The van der Waals surface area contributed by atoms with Crippen LogP contribution in [-0.2, 0) is 4.79 Å². The van der Waals surface area contributed by atoms with Crippen LogP contribution in [0.15, 0.2) is 42.5 Å². The third-order valence-electron chi connectivity index (χ3n) is 3.47. The van der Waals surface area contributed by atoms with Crippen LogP contribution < -0.4 is 14.8 Å². The summed E-state index contributed by atoms with van der Waals surface area (Å²) in [5, 5.41) is 2.78. The van der Waals surface area contributed by atoms with Gasteiger partial charge in [0.25, 0.3) is 0 Å². The number of benzene rings is 2. The summed E-state index contributed by atoms with van der Waals surface area (Å²) in [6.45, 7) is 0.961. The molecule has 0 atom stereocenters. The van der Waals surface area contributed by atoms with E-state index in [4.69, 9.17) is 4.74 Å². The number of carbonyl (C=O) groups excluding carboxylic acids is 1. The second-order valence-electron chi connectivity index (χ2n) is 5.96. The SMILES string of the molecule is COc1ccc(-c2cc(NC(=O)CC(C)C)ccc2OC(F)F)cc1. The molecule has 0 aliphatic heterocycles. The van der Waals surface area contributed by atoms with Gasteiger partial charge in [0.05, 0.1) is 7.11 Å². The molecule has 0 heterocycles. The molecular weight excluding hydrogens is 328 g/mol. The van der Waals surface area contributed by atoms with Crippen LogP contribution in [0.25, 0.3) is 11.1 Å². The Morgan fingerprint density at radius 3 is 2.36 bits per heavy atom. The third-order valence-corrected chi connectivity index (χ3v) is 3.47. The molecule has 0 aliphatic rings. The molecule has 0 unspecified atom stereocenters. The maximum Gasteiger partial charge on any atom is 0.387 e. The van der Waals surface area contributed by atoms with Crippen molar-refractivity contribution < 1.29 is 23.0 Å². The molecule has 1 N–H and O–H groups in total. The number of alkyl halides is 2. The van der Waals surface area contributed by atoms with Crippen LogP contribution in [0.3, 0.4) is 0 Å². The first kappa shape index (κ1) is 18.7. The average Bonchev–Trinajstić information content (AvgIpc) is 2.55. The van der Waals surface area contributed by atoms with Crippen LogP contribution in [-0.4, -0.2) is 19.6 Å². The Morgan fingerprint density at radius 2 is 1.80 bits per heavy atom. The summed E-state index contributed by atoms with van der Waals surface area (Å²) in [6.07, 6.45) is 0.382. The molecule has 0 saturated heterocycles. The number of halogens is 2. The van der Waals surface area contributed by atoms with Crippen molar-refractivity contribution in [2.45, 2.75) is 26.9 Å². The summed E-state index contributed by atoms with van der Waals surface area (Å²) in [4.78, 5) is 11.9. The van der Waals surface area contributed by atoms with Crippen LogP contribution in [0.2, 0.25) is 0 Å². The number of methoxy groups -OCH3 is 1. The van der Waals surface area contributed by atoms with Gasteiger partial charge in [-0.05, 0) is 41.8 Å². The number of nitrogens with one attached hydrogen (secondary N) is 1. The Hall–Kier alpha value is -2.63. The van der Waals surface area contributed by atoms with E-state index in [-0.39, 0.29) is 17.6 Å². The molecule has 0 saturated carbocycles. The van der Waals surface area contributed by atoms with Crippen molar-refractivity contribution in [1.82, 2.24) is 0 Å². The minimum Gasteiger partial charge on any atom is -0.497 e. The van der Waals surface area contributed by atoms with Crippen LogP contribution in [0.5, 0.6) is 11.5 Å². The van der Waals surface area contributed by atoms with Crippen molar-refractivity contribution in [3.05, 3.63) is 42.5 Å². The Kier molecular flexibility index (Phi) is 6.33. The van der Waals surface area contributed by atoms with Crippen LogP contribution in [0, 0.1) is 5.92 Å². The van der Waals surface area contributed by atoms with Crippen molar-refractivity contribution in [2.24, 2.45) is 5.92 Å². The molecule has 6 heteroatoms. The van der Waals surface area contributed by atoms with E-state index < -0.39 is 6.61 Å². The summed E-state index contributed by atoms with van der Waals surface area (Å²) < 4.78 is 35.1. The second-order valence-corrected chi connectivity index (χ2v) is 5.96. The summed E-state index contributed by atoms with van der Waals surface area (Å²) in [5.74, 6) is 0.796. The first-order chi connectivity index (χ1) is 11.9. The van der Waals surface area contributed by atoms with Gasteiger partial charge in [-0.25, -0.2) is 0 Å². The summed E-state index contributed by atoms with van der Waals surface area (Å²) >= 11 is 0. The van der Waals surface area contributed by atoms with Crippen molar-refractivity contribution in [3.8, 4) is 22.6 Å². The molecule has 2 rings (SSSR count). The van der Waals surface area contributed by atoms with Crippen molar-refractivity contribution in [2.75, 3.05) is 12.4 Å². The Bertz CT molecular complexity index is 715. The first-order valence-corrected chi connectivity index (χ1v) is 7.92. The number of hydrogen-bond donors (Lipinski definition) is 1. The lowest BCUT2D eigenvalue weighted by atomic mass is 10.0. The first-order valence-electron chi connectivity index (χ1n) is 7.92. The molecule has 0 spiro atoms. The fourth-order valence-corrected chi connectivity index (χ4v) is 2.39. The number of anilines is 1. The maximum atomic E-state index is 12.7. The molecule has 25 heavy (non-hydrogen) atoms. The standard InChI is InChI=1S/C19H21F2NO3/c1-12(2)10-18(23)22-14-6-9-17(25-19(20)21)16(11-14)13-4-7-15(24-3)8-5-13/h4-9,11-12,19H,10H2,1-3H3,(H,22,23). The predicted octanol–water partition coefficient (Wildman–Crippen LogP) is 4.95. The van der Waals surface area contributed by atoms with Gasteiger partial charge in [0.2, 0.25) is 5.91 Å². The molecule has 0 aromatic heterocycles. The molecule has 2 aromatic rings. The molecule has 2 aromatic carbocycles. The largest absolute Gasteiger partial charge is 0.497 e. The molecular formula is C19H21F2NO3. The number of carbonyl (C=O) groups is 1. The fourth-order valence-electron chi connectivity index (χ4n) is 2.39. The normalized spacial score (nSPS) is 10.8. The van der Waals surface area contributed by atoms with Gasteiger partial charge in [0.15, 0.2) is 0 Å². The Balaban J connectivity index is 2.34. The minimum atomic E-state index is -2.93. The Labute approximate surface area is 145 Å². The highest BCUT2D eigenvalue weighted by atomic mass is 19.3. The monoisotopic (exact) mass is 349 g/mol. The van der Waals surface area contributed by atoms with Crippen LogP contribution >= 0.6 is 0 Å². The van der Waals surface area contributed by atoms with Gasteiger partial charge >= 0.3 is 6.61 Å². The lowest BCUT2D eigenvalue weighted by Gasteiger charge is -2.14. The lowest BCUT2D eigenvalue weighted by molar-refractivity contribution is -0.116. The van der Waals surface area contributed by atoms with Gasteiger partial charge in [-0.3, -0.25) is 4.79 Å². The zero-order chi connectivity index (χ0) is 18.4. The highest BCUT2D eigenvalue weighted by Crippen LogP contribution is 2.34. The minimum absolute atomic E-state index is 0.0435. The van der Waals surface area contributed by atoms with Gasteiger partial charge in [0, 0.05) is 17.7 Å². The van der Waals surface area contributed by atoms with Crippen molar-refractivity contribution in [3.63, 3.8) is 0 Å². The van der Waals surface area contributed by atoms with Gasteiger partial charge in [-0.2, -0.15) is 8.78 Å². The van der Waals surface area contributed by atoms with Crippen LogP contribution in [0.4, 0.5) is 14.5 Å². The molecule has 1 amide bonds. The zero-order valence-corrected chi connectivity index (χ0v) is 14.4. The van der Waals surface area contributed by atoms with E-state index in [0.717, 1.165) is 0 Å². The number of ether oxygens (including phenoxy) is 2. The number of amides is 1. The molecule has 0 fully saturated rings. The topological polar surface area (TPSA) is 47.6 Å². The third kappa shape index (κ3) is 5.45. The smallest absolute Gasteiger partial charge is 0.387 e. The Morgan fingerprint density at radius 1 is 1.12 bits per heavy atom. The zero-order valence-electron chi connectivity index (χ0n) is 14.4. The van der Waals surface area contributed by atoms with Crippen LogP contribution in [0.1, 0.15) is 20.3 Å². The molecule has 4 nitrogen and oxygen atoms in total. The highest BCUT2D eigenvalue weighted by Gasteiger charge is 2.14. The molecule has 0 aliphatic carbocycles. The van der Waals surface area contributed by atoms with Crippen molar-refractivity contribution in [1.29, 1.82) is 0 Å². The number of hydrogen-bond acceptors (Lipinski definition) is 3. The number of rotatable bonds is 7. The van der Waals surface area contributed by atoms with E-state index in [9.17, 15) is 13.6 Å². The van der Waals surface area contributed by atoms with E-state index in [1.807, 2.05) is 13.8 Å². The summed E-state index contributed by atoms with van der Waals surface area (Å²) in [7, 11) is 1.55. The maximum absolute atomic E-state index is 12.7. The fraction of sp³-hybridized carbons (Fsp3) is 0.316. The lowest BCUT2D eigenvalue weighted by Crippen LogP contribution is -2.14. The van der Waals surface area contributed by atoms with E-state index in [1.165, 1.54) is 6.07 Å². The van der Waals surface area contributed by atoms with Gasteiger partial charge in [0.1, 0.15) is 11.5 Å². The molecule has 0 bridgehead atoms. The predicted molar refractivity (Wildman–Crippen MR) is 93.1 cm³/mol. The van der Waals surface area contributed by atoms with Crippen molar-refractivity contribution >= 4 is 11.6 Å². The van der Waals surface area contributed by atoms with E-state index in [1.54, 1.807) is 43.5 Å². The summed E-state index contributed by atoms with van der Waals surface area (Å²) in [6, 6.07) is 11.5. The second kappa shape index (κ2) is 8.46. The van der Waals surface area contributed by atoms with Gasteiger partial charge < -0.3 is 14.8 Å². The highest BCUT2D eigenvalue weighted by molar-refractivity contribution is 5.92. The van der Waals surface area contributed by atoms with E-state index in [0.29, 0.717) is 29.0 Å². The molecule has 134 valence electrons. The summed E-state index contributed by atoms with van der Waals surface area (Å²) in [5.41, 5.74) is 1.67. The quantitative estimate of drug-likeness (QED) is 0.769. The average molecular weight is 349 g/mol.